The van der Waals surface area contributed by atoms with E-state index in [-0.39, 0.29) is 0 Å². The SMILES string of the molecule is CCCCOCCNC(C)CCCN(CC)CC. The minimum atomic E-state index is 0.607. The molecule has 0 aliphatic carbocycles. The summed E-state index contributed by atoms with van der Waals surface area (Å²) in [6.45, 7) is 15.2. The average Bonchev–Trinajstić information content (AvgIpc) is 2.39. The molecule has 18 heavy (non-hydrogen) atoms. The summed E-state index contributed by atoms with van der Waals surface area (Å²) >= 11 is 0. The molecule has 0 bridgehead atoms. The normalized spacial score (nSPS) is 13.2. The van der Waals surface area contributed by atoms with E-state index in [1.54, 1.807) is 0 Å². The number of rotatable bonds is 13. The van der Waals surface area contributed by atoms with Crippen LogP contribution in [0.3, 0.4) is 0 Å². The fourth-order valence-electron chi connectivity index (χ4n) is 1.99. The van der Waals surface area contributed by atoms with Gasteiger partial charge in [0.15, 0.2) is 0 Å². The number of hydrogen-bond donors (Lipinski definition) is 1. The number of ether oxygens (including phenoxy) is 1. The van der Waals surface area contributed by atoms with Crippen LogP contribution in [-0.4, -0.2) is 50.3 Å². The molecule has 1 N–H and O–H groups in total. The van der Waals surface area contributed by atoms with E-state index >= 15 is 0 Å². The van der Waals surface area contributed by atoms with Crippen LogP contribution in [0.1, 0.15) is 53.4 Å². The molecular formula is C15H34N2O. The van der Waals surface area contributed by atoms with Crippen molar-refractivity contribution >= 4 is 0 Å². The zero-order valence-corrected chi connectivity index (χ0v) is 13.0. The molecule has 0 spiro atoms. The molecule has 0 aromatic rings. The Kier molecular flexibility index (Phi) is 13.2. The third kappa shape index (κ3) is 11.0. The number of hydrogen-bond acceptors (Lipinski definition) is 3. The Balaban J connectivity index is 3.29. The van der Waals surface area contributed by atoms with E-state index in [2.05, 4.69) is 37.9 Å². The zero-order chi connectivity index (χ0) is 13.6. The van der Waals surface area contributed by atoms with Gasteiger partial charge < -0.3 is 15.0 Å². The lowest BCUT2D eigenvalue weighted by atomic mass is 10.2. The van der Waals surface area contributed by atoms with Crippen molar-refractivity contribution in [3.05, 3.63) is 0 Å². The quantitative estimate of drug-likeness (QED) is 0.514. The van der Waals surface area contributed by atoms with E-state index in [1.165, 1.54) is 45.3 Å². The number of unbranched alkanes of at least 4 members (excludes halogenated alkanes) is 1. The Morgan fingerprint density at radius 1 is 1.06 bits per heavy atom. The first-order chi connectivity index (χ1) is 8.74. The van der Waals surface area contributed by atoms with Gasteiger partial charge >= 0.3 is 0 Å². The molecule has 1 atom stereocenters. The lowest BCUT2D eigenvalue weighted by Crippen LogP contribution is -2.31. The van der Waals surface area contributed by atoms with Gasteiger partial charge in [-0.25, -0.2) is 0 Å². The first kappa shape index (κ1) is 17.9. The molecule has 0 amide bonds. The van der Waals surface area contributed by atoms with E-state index < -0.39 is 0 Å². The number of nitrogens with zero attached hydrogens (tertiary/aromatic N) is 1. The molecule has 1 unspecified atom stereocenters. The van der Waals surface area contributed by atoms with Crippen molar-refractivity contribution in [1.29, 1.82) is 0 Å². The highest BCUT2D eigenvalue weighted by atomic mass is 16.5. The zero-order valence-electron chi connectivity index (χ0n) is 13.0. The summed E-state index contributed by atoms with van der Waals surface area (Å²) in [6.07, 6.45) is 4.94. The van der Waals surface area contributed by atoms with Gasteiger partial charge in [0.05, 0.1) is 6.61 Å². The van der Waals surface area contributed by atoms with Gasteiger partial charge in [0, 0.05) is 19.2 Å². The van der Waals surface area contributed by atoms with Crippen LogP contribution in [0, 0.1) is 0 Å². The second-order valence-corrected chi connectivity index (χ2v) is 4.99. The summed E-state index contributed by atoms with van der Waals surface area (Å²) in [5.74, 6) is 0. The molecular weight excluding hydrogens is 224 g/mol. The lowest BCUT2D eigenvalue weighted by molar-refractivity contribution is 0.131. The summed E-state index contributed by atoms with van der Waals surface area (Å²) in [4.78, 5) is 2.49. The van der Waals surface area contributed by atoms with E-state index in [0.29, 0.717) is 6.04 Å². The van der Waals surface area contributed by atoms with Crippen LogP contribution in [0.5, 0.6) is 0 Å². The fraction of sp³-hybridized carbons (Fsp3) is 1.00. The van der Waals surface area contributed by atoms with Gasteiger partial charge in [0.25, 0.3) is 0 Å². The standard InChI is InChI=1S/C15H34N2O/c1-5-8-13-18-14-11-16-15(4)10-9-12-17(6-2)7-3/h15-16H,5-14H2,1-4H3. The van der Waals surface area contributed by atoms with Crippen molar-refractivity contribution in [2.45, 2.75) is 59.4 Å². The molecule has 0 aliphatic rings. The summed E-state index contributed by atoms with van der Waals surface area (Å²) in [5.41, 5.74) is 0. The average molecular weight is 258 g/mol. The molecule has 0 saturated carbocycles. The predicted octanol–water partition coefficient (Wildman–Crippen LogP) is 2.90. The Morgan fingerprint density at radius 3 is 2.39 bits per heavy atom. The molecule has 0 rings (SSSR count). The van der Waals surface area contributed by atoms with Crippen molar-refractivity contribution < 1.29 is 4.74 Å². The van der Waals surface area contributed by atoms with Gasteiger partial charge in [-0.2, -0.15) is 0 Å². The summed E-state index contributed by atoms with van der Waals surface area (Å²) < 4.78 is 5.53. The predicted molar refractivity (Wildman–Crippen MR) is 80.2 cm³/mol. The topological polar surface area (TPSA) is 24.5 Å². The van der Waals surface area contributed by atoms with Crippen LogP contribution in [0.2, 0.25) is 0 Å². The smallest absolute Gasteiger partial charge is 0.0590 e. The minimum Gasteiger partial charge on any atom is -0.380 e. The second kappa shape index (κ2) is 13.3. The third-order valence-electron chi connectivity index (χ3n) is 3.39. The summed E-state index contributed by atoms with van der Waals surface area (Å²) in [7, 11) is 0. The van der Waals surface area contributed by atoms with Crippen molar-refractivity contribution in [2.24, 2.45) is 0 Å². The van der Waals surface area contributed by atoms with Gasteiger partial charge in [-0.05, 0) is 45.8 Å². The third-order valence-corrected chi connectivity index (χ3v) is 3.39. The highest BCUT2D eigenvalue weighted by Gasteiger charge is 2.03. The minimum absolute atomic E-state index is 0.607. The molecule has 0 aromatic heterocycles. The molecule has 0 radical (unpaired) electrons. The monoisotopic (exact) mass is 258 g/mol. The van der Waals surface area contributed by atoms with E-state index in [1.807, 2.05) is 0 Å². The molecule has 3 nitrogen and oxygen atoms in total. The van der Waals surface area contributed by atoms with Crippen molar-refractivity contribution in [3.63, 3.8) is 0 Å². The van der Waals surface area contributed by atoms with Crippen LogP contribution in [0.15, 0.2) is 0 Å². The molecule has 0 fully saturated rings. The molecule has 110 valence electrons. The van der Waals surface area contributed by atoms with Crippen molar-refractivity contribution in [2.75, 3.05) is 39.4 Å². The maximum Gasteiger partial charge on any atom is 0.0590 e. The maximum atomic E-state index is 5.53. The van der Waals surface area contributed by atoms with Crippen LogP contribution >= 0.6 is 0 Å². The van der Waals surface area contributed by atoms with E-state index in [0.717, 1.165) is 19.8 Å². The first-order valence-corrected chi connectivity index (χ1v) is 7.78. The van der Waals surface area contributed by atoms with Crippen molar-refractivity contribution in [1.82, 2.24) is 10.2 Å². The highest BCUT2D eigenvalue weighted by molar-refractivity contribution is 4.62. The Bertz CT molecular complexity index is 161. The second-order valence-electron chi connectivity index (χ2n) is 4.99. The van der Waals surface area contributed by atoms with E-state index in [4.69, 9.17) is 4.74 Å². The van der Waals surface area contributed by atoms with Crippen LogP contribution in [0.4, 0.5) is 0 Å². The summed E-state index contributed by atoms with van der Waals surface area (Å²) in [6, 6.07) is 0.607. The summed E-state index contributed by atoms with van der Waals surface area (Å²) in [5, 5.41) is 3.53. The van der Waals surface area contributed by atoms with Crippen LogP contribution in [-0.2, 0) is 4.74 Å². The highest BCUT2D eigenvalue weighted by Crippen LogP contribution is 1.99. The molecule has 0 aliphatic heterocycles. The van der Waals surface area contributed by atoms with Gasteiger partial charge in [-0.3, -0.25) is 0 Å². The molecule has 0 aromatic carbocycles. The Labute approximate surface area is 114 Å². The molecule has 0 heterocycles. The number of nitrogens with one attached hydrogen (secondary N) is 1. The first-order valence-electron chi connectivity index (χ1n) is 7.78. The lowest BCUT2D eigenvalue weighted by Gasteiger charge is -2.19. The van der Waals surface area contributed by atoms with Gasteiger partial charge in [0.2, 0.25) is 0 Å². The Morgan fingerprint density at radius 2 is 1.78 bits per heavy atom. The fourth-order valence-corrected chi connectivity index (χ4v) is 1.99. The van der Waals surface area contributed by atoms with Crippen molar-refractivity contribution in [3.8, 4) is 0 Å². The molecule has 0 saturated heterocycles. The largest absolute Gasteiger partial charge is 0.380 e. The maximum absolute atomic E-state index is 5.53. The van der Waals surface area contributed by atoms with Gasteiger partial charge in [0.1, 0.15) is 0 Å². The van der Waals surface area contributed by atoms with Gasteiger partial charge in [-0.15, -0.1) is 0 Å². The van der Waals surface area contributed by atoms with Gasteiger partial charge in [-0.1, -0.05) is 27.2 Å². The van der Waals surface area contributed by atoms with Crippen LogP contribution < -0.4 is 5.32 Å². The molecule has 3 heteroatoms. The Hall–Kier alpha value is -0.120. The van der Waals surface area contributed by atoms with Crippen LogP contribution in [0.25, 0.3) is 0 Å². The van der Waals surface area contributed by atoms with E-state index in [9.17, 15) is 0 Å².